The van der Waals surface area contributed by atoms with Gasteiger partial charge in [0.2, 0.25) is 0 Å². The molecule has 0 unspecified atom stereocenters. The fraction of sp³-hybridized carbons (Fsp3) is 0.381. The third-order valence-electron chi connectivity index (χ3n) is 6.14. The van der Waals surface area contributed by atoms with Crippen molar-refractivity contribution in [3.63, 3.8) is 0 Å². The van der Waals surface area contributed by atoms with Crippen LogP contribution in [0.3, 0.4) is 0 Å². The molecule has 4 nitrogen and oxygen atoms in total. The van der Waals surface area contributed by atoms with Gasteiger partial charge in [-0.25, -0.2) is 4.98 Å². The van der Waals surface area contributed by atoms with Gasteiger partial charge in [-0.05, 0) is 80.1 Å². The van der Waals surface area contributed by atoms with Crippen LogP contribution in [0.2, 0.25) is 0 Å². The molecule has 25 heavy (non-hydrogen) atoms. The predicted molar refractivity (Wildman–Crippen MR) is 103 cm³/mol. The summed E-state index contributed by atoms with van der Waals surface area (Å²) < 4.78 is 0. The number of rotatable bonds is 3. The molecule has 0 amide bonds. The zero-order valence-corrected chi connectivity index (χ0v) is 14.6. The first-order valence-electron chi connectivity index (χ1n) is 9.32. The maximum Gasteiger partial charge on any atom is 0.126 e. The molecule has 2 aromatic heterocycles. The highest BCUT2D eigenvalue weighted by Crippen LogP contribution is 2.34. The summed E-state index contributed by atoms with van der Waals surface area (Å²) in [6.07, 6.45) is 6.60. The Labute approximate surface area is 148 Å². The van der Waals surface area contributed by atoms with Crippen LogP contribution < -0.4 is 5.32 Å². The summed E-state index contributed by atoms with van der Waals surface area (Å²) >= 11 is 0. The first-order valence-corrected chi connectivity index (χ1v) is 9.32. The predicted octanol–water partition coefficient (Wildman–Crippen LogP) is 4.12. The number of aromatic nitrogens is 2. The maximum atomic E-state index is 4.70. The molecule has 3 fully saturated rings. The summed E-state index contributed by atoms with van der Waals surface area (Å²) in [6, 6.07) is 14.0. The molecule has 2 atom stereocenters. The van der Waals surface area contributed by atoms with Gasteiger partial charge in [0.15, 0.2) is 0 Å². The number of anilines is 1. The van der Waals surface area contributed by atoms with Crippen LogP contribution in [-0.4, -0.2) is 40.0 Å². The van der Waals surface area contributed by atoms with Gasteiger partial charge >= 0.3 is 0 Å². The van der Waals surface area contributed by atoms with E-state index in [0.717, 1.165) is 17.3 Å². The van der Waals surface area contributed by atoms with Gasteiger partial charge in [-0.15, -0.1) is 0 Å². The Morgan fingerprint density at radius 3 is 2.68 bits per heavy atom. The highest BCUT2D eigenvalue weighted by Gasteiger charge is 2.39. The molecule has 1 aromatic carbocycles. The number of H-pyrrole nitrogens is 1. The number of benzene rings is 1. The molecule has 0 aliphatic carbocycles. The quantitative estimate of drug-likeness (QED) is 0.758. The lowest BCUT2D eigenvalue weighted by atomic mass is 9.79. The van der Waals surface area contributed by atoms with Crippen LogP contribution in [-0.2, 0) is 0 Å². The van der Waals surface area contributed by atoms with Crippen molar-refractivity contribution in [1.29, 1.82) is 0 Å². The van der Waals surface area contributed by atoms with E-state index in [0.29, 0.717) is 12.1 Å². The Morgan fingerprint density at radius 2 is 1.92 bits per heavy atom. The third-order valence-corrected chi connectivity index (χ3v) is 6.14. The summed E-state index contributed by atoms with van der Waals surface area (Å²) in [7, 11) is 0. The van der Waals surface area contributed by atoms with Crippen LogP contribution >= 0.6 is 0 Å². The number of fused-ring (bicyclic) bond motifs is 4. The largest absolute Gasteiger partial charge is 0.365 e. The summed E-state index contributed by atoms with van der Waals surface area (Å²) in [5, 5.41) is 4.95. The Hall–Kier alpha value is -2.33. The van der Waals surface area contributed by atoms with Gasteiger partial charge in [0, 0.05) is 35.6 Å². The SMILES string of the molecule is C[C@@H]1[C@H](Nc2ccc(-c3ccc4[nH]ccc4c3)cn2)C2CCN1CC2. The summed E-state index contributed by atoms with van der Waals surface area (Å²) in [5.74, 6) is 1.79. The van der Waals surface area contributed by atoms with E-state index in [1.807, 2.05) is 12.4 Å². The lowest BCUT2D eigenvalue weighted by Gasteiger charge is -2.50. The zero-order valence-electron chi connectivity index (χ0n) is 14.6. The molecule has 5 heterocycles. The van der Waals surface area contributed by atoms with Gasteiger partial charge in [-0.2, -0.15) is 0 Å². The van der Waals surface area contributed by atoms with Crippen molar-refractivity contribution in [2.45, 2.75) is 31.8 Å². The molecule has 0 radical (unpaired) electrons. The topological polar surface area (TPSA) is 44.0 Å². The first kappa shape index (κ1) is 15.0. The number of nitrogens with zero attached hydrogens (tertiary/aromatic N) is 2. The van der Waals surface area contributed by atoms with Crippen LogP contribution in [0.5, 0.6) is 0 Å². The van der Waals surface area contributed by atoms with Crippen molar-refractivity contribution in [2.75, 3.05) is 18.4 Å². The van der Waals surface area contributed by atoms with E-state index in [9.17, 15) is 0 Å². The van der Waals surface area contributed by atoms with E-state index in [2.05, 4.69) is 58.5 Å². The first-order chi connectivity index (χ1) is 12.3. The van der Waals surface area contributed by atoms with Gasteiger partial charge < -0.3 is 10.3 Å². The Bertz CT molecular complexity index is 872. The van der Waals surface area contributed by atoms with E-state index in [1.54, 1.807) is 0 Å². The molecule has 0 spiro atoms. The Morgan fingerprint density at radius 1 is 1.08 bits per heavy atom. The summed E-state index contributed by atoms with van der Waals surface area (Å²) in [4.78, 5) is 10.5. The standard InChI is InChI=1S/C21H24N4/c1-14-21(15-7-10-25(14)11-8-15)24-20-5-3-18(13-23-20)16-2-4-19-17(12-16)6-9-22-19/h2-6,9,12-15,21-22H,7-8,10-11H2,1H3,(H,23,24)/t14-,21+/m1/s1. The second kappa shape index (κ2) is 5.88. The normalized spacial score (nSPS) is 28.4. The lowest BCUT2D eigenvalue weighted by molar-refractivity contribution is 0.0457. The minimum absolute atomic E-state index is 0.525. The highest BCUT2D eigenvalue weighted by molar-refractivity contribution is 5.84. The third kappa shape index (κ3) is 2.61. The van der Waals surface area contributed by atoms with Crippen molar-refractivity contribution in [3.8, 4) is 11.1 Å². The van der Waals surface area contributed by atoms with Crippen LogP contribution in [0.25, 0.3) is 22.0 Å². The number of aromatic amines is 1. The van der Waals surface area contributed by atoms with Crippen LogP contribution in [0.1, 0.15) is 19.8 Å². The second-order valence-corrected chi connectivity index (χ2v) is 7.50. The molecule has 128 valence electrons. The maximum absolute atomic E-state index is 4.70. The molecule has 0 saturated carbocycles. The van der Waals surface area contributed by atoms with E-state index >= 15 is 0 Å². The van der Waals surface area contributed by atoms with Gasteiger partial charge in [0.1, 0.15) is 5.82 Å². The fourth-order valence-corrected chi connectivity index (χ4v) is 4.60. The van der Waals surface area contributed by atoms with Crippen molar-refractivity contribution >= 4 is 16.7 Å². The number of hydrogen-bond acceptors (Lipinski definition) is 3. The lowest BCUT2D eigenvalue weighted by Crippen LogP contribution is -2.59. The van der Waals surface area contributed by atoms with Gasteiger partial charge in [0.25, 0.3) is 0 Å². The van der Waals surface area contributed by atoms with Gasteiger partial charge in [-0.1, -0.05) is 6.07 Å². The van der Waals surface area contributed by atoms with Crippen LogP contribution in [0, 0.1) is 5.92 Å². The molecule has 3 saturated heterocycles. The number of piperidine rings is 3. The van der Waals surface area contributed by atoms with E-state index in [-0.39, 0.29) is 0 Å². The van der Waals surface area contributed by atoms with Crippen molar-refractivity contribution in [1.82, 2.24) is 14.9 Å². The fourth-order valence-electron chi connectivity index (χ4n) is 4.60. The summed E-state index contributed by atoms with van der Waals surface area (Å²) in [5.41, 5.74) is 3.55. The highest BCUT2D eigenvalue weighted by atomic mass is 15.2. The number of nitrogens with one attached hydrogen (secondary N) is 2. The molecule has 3 aromatic rings. The molecule has 6 rings (SSSR count). The molecule has 3 aliphatic rings. The molecule has 4 heteroatoms. The van der Waals surface area contributed by atoms with Crippen molar-refractivity contribution in [3.05, 3.63) is 48.8 Å². The van der Waals surface area contributed by atoms with E-state index in [1.165, 1.54) is 42.4 Å². The van der Waals surface area contributed by atoms with E-state index in [4.69, 9.17) is 4.98 Å². The Kier molecular flexibility index (Phi) is 3.52. The minimum Gasteiger partial charge on any atom is -0.365 e. The summed E-state index contributed by atoms with van der Waals surface area (Å²) in [6.45, 7) is 4.87. The van der Waals surface area contributed by atoms with Gasteiger partial charge in [0.05, 0.1) is 0 Å². The smallest absolute Gasteiger partial charge is 0.126 e. The zero-order chi connectivity index (χ0) is 16.8. The Balaban J connectivity index is 1.36. The minimum atomic E-state index is 0.525. The molecular weight excluding hydrogens is 308 g/mol. The average molecular weight is 332 g/mol. The molecule has 2 N–H and O–H groups in total. The van der Waals surface area contributed by atoms with Crippen LogP contribution in [0.15, 0.2) is 48.8 Å². The number of hydrogen-bond donors (Lipinski definition) is 2. The number of pyridine rings is 1. The van der Waals surface area contributed by atoms with Gasteiger partial charge in [-0.3, -0.25) is 4.90 Å². The van der Waals surface area contributed by atoms with E-state index < -0.39 is 0 Å². The second-order valence-electron chi connectivity index (χ2n) is 7.50. The monoisotopic (exact) mass is 332 g/mol. The van der Waals surface area contributed by atoms with Crippen molar-refractivity contribution in [2.24, 2.45) is 5.92 Å². The van der Waals surface area contributed by atoms with Crippen LogP contribution in [0.4, 0.5) is 5.82 Å². The molecular formula is C21H24N4. The molecule has 2 bridgehead atoms. The average Bonchev–Trinajstić information content (AvgIpc) is 3.13. The molecule has 3 aliphatic heterocycles. The van der Waals surface area contributed by atoms with Crippen molar-refractivity contribution < 1.29 is 0 Å².